The lowest BCUT2D eigenvalue weighted by Gasteiger charge is -2.12. The second-order valence-electron chi connectivity index (χ2n) is 5.05. The van der Waals surface area contributed by atoms with E-state index in [0.29, 0.717) is 5.39 Å². The van der Waals surface area contributed by atoms with Gasteiger partial charge in [-0.25, -0.2) is 9.59 Å². The molecular formula is C16H11N3O5. The van der Waals surface area contributed by atoms with Crippen LogP contribution in [0.2, 0.25) is 0 Å². The van der Waals surface area contributed by atoms with E-state index in [9.17, 15) is 19.6 Å². The molecule has 0 saturated heterocycles. The third-order valence-corrected chi connectivity index (χ3v) is 3.53. The number of nitrogens with zero attached hydrogens (tertiary/aromatic N) is 3. The Bertz CT molecular complexity index is 1180. The van der Waals surface area contributed by atoms with Gasteiger partial charge in [0, 0.05) is 31.6 Å². The fraction of sp³-hybridized carbons (Fsp3) is 0.125. The molecule has 120 valence electrons. The highest BCUT2D eigenvalue weighted by Gasteiger charge is 2.17. The topological polar surface area (TPSA) is 107 Å². The summed E-state index contributed by atoms with van der Waals surface area (Å²) in [6.07, 6.45) is 0. The van der Waals surface area contributed by atoms with Gasteiger partial charge in [-0.15, -0.1) is 0 Å². The van der Waals surface area contributed by atoms with Crippen LogP contribution in [0, 0.1) is 11.3 Å². The van der Waals surface area contributed by atoms with Crippen LogP contribution in [-0.2, 0) is 14.1 Å². The fourth-order valence-electron chi connectivity index (χ4n) is 2.26. The van der Waals surface area contributed by atoms with Gasteiger partial charge >= 0.3 is 11.3 Å². The van der Waals surface area contributed by atoms with Gasteiger partial charge in [0.15, 0.2) is 5.56 Å². The summed E-state index contributed by atoms with van der Waals surface area (Å²) in [6.45, 7) is 0. The first-order chi connectivity index (χ1) is 11.4. The molecule has 0 atom stereocenters. The molecule has 24 heavy (non-hydrogen) atoms. The van der Waals surface area contributed by atoms with Crippen molar-refractivity contribution in [1.82, 2.24) is 9.13 Å². The largest absolute Gasteiger partial charge is 0.439 e. The third-order valence-electron chi connectivity index (χ3n) is 3.53. The van der Waals surface area contributed by atoms with Crippen LogP contribution in [0.1, 0.15) is 5.56 Å². The molecule has 0 aliphatic heterocycles. The van der Waals surface area contributed by atoms with Gasteiger partial charge in [0.2, 0.25) is 5.88 Å². The van der Waals surface area contributed by atoms with Crippen molar-refractivity contribution in [2.75, 3.05) is 0 Å². The molecule has 0 fully saturated rings. The van der Waals surface area contributed by atoms with E-state index in [-0.39, 0.29) is 22.8 Å². The van der Waals surface area contributed by atoms with Crippen molar-refractivity contribution in [2.45, 2.75) is 0 Å². The lowest BCUT2D eigenvalue weighted by Crippen LogP contribution is -2.38. The zero-order valence-corrected chi connectivity index (χ0v) is 12.8. The Balaban J connectivity index is 2.19. The van der Waals surface area contributed by atoms with Gasteiger partial charge in [-0.1, -0.05) is 0 Å². The maximum atomic E-state index is 12.0. The molecule has 0 radical (unpaired) electrons. The highest BCUT2D eigenvalue weighted by molar-refractivity contribution is 5.77. The van der Waals surface area contributed by atoms with Gasteiger partial charge in [-0.2, -0.15) is 5.26 Å². The van der Waals surface area contributed by atoms with Crippen LogP contribution in [0.4, 0.5) is 0 Å². The van der Waals surface area contributed by atoms with Crippen molar-refractivity contribution in [3.05, 3.63) is 67.2 Å². The van der Waals surface area contributed by atoms with Crippen molar-refractivity contribution in [3.8, 4) is 17.7 Å². The summed E-state index contributed by atoms with van der Waals surface area (Å²) in [5.41, 5.74) is -1.90. The number of hydrogen-bond donors (Lipinski definition) is 0. The molecule has 0 bridgehead atoms. The summed E-state index contributed by atoms with van der Waals surface area (Å²) in [6, 6.07) is 9.31. The minimum atomic E-state index is -0.747. The number of aromatic nitrogens is 2. The molecule has 0 spiro atoms. The lowest BCUT2D eigenvalue weighted by atomic mass is 10.2. The van der Waals surface area contributed by atoms with E-state index in [0.717, 1.165) is 9.13 Å². The van der Waals surface area contributed by atoms with Gasteiger partial charge in [0.25, 0.3) is 5.56 Å². The quantitative estimate of drug-likeness (QED) is 0.647. The Morgan fingerprint density at radius 1 is 1.08 bits per heavy atom. The van der Waals surface area contributed by atoms with E-state index in [1.165, 1.54) is 26.2 Å². The second kappa shape index (κ2) is 5.55. The molecule has 8 heteroatoms. The Morgan fingerprint density at radius 3 is 2.50 bits per heavy atom. The zero-order valence-electron chi connectivity index (χ0n) is 12.8. The maximum absolute atomic E-state index is 12.0. The van der Waals surface area contributed by atoms with Crippen LogP contribution in [0.3, 0.4) is 0 Å². The minimum Gasteiger partial charge on any atom is -0.439 e. The number of fused-ring (bicyclic) bond motifs is 1. The molecule has 0 aliphatic rings. The SMILES string of the molecule is Cn1c(Oc2ccc3ccc(=O)oc3c2)c(C#N)c(=O)n(C)c1=O. The first kappa shape index (κ1) is 15.3. The third kappa shape index (κ3) is 2.38. The van der Waals surface area contributed by atoms with Crippen LogP contribution in [0.5, 0.6) is 11.6 Å². The first-order valence-electron chi connectivity index (χ1n) is 6.84. The molecule has 2 heterocycles. The Labute approximate surface area is 134 Å². The van der Waals surface area contributed by atoms with E-state index in [2.05, 4.69) is 0 Å². The molecule has 0 amide bonds. The van der Waals surface area contributed by atoms with Crippen LogP contribution < -0.4 is 21.6 Å². The standard InChI is InChI=1S/C16H11N3O5/c1-18-14(21)11(8-17)15(19(2)16(18)22)23-10-5-3-9-4-6-13(20)24-12(9)7-10/h3-7H,1-2H3. The van der Waals surface area contributed by atoms with Crippen LogP contribution in [0.25, 0.3) is 11.0 Å². The summed E-state index contributed by atoms with van der Waals surface area (Å²) in [5, 5.41) is 9.89. The van der Waals surface area contributed by atoms with Crippen molar-refractivity contribution in [2.24, 2.45) is 14.1 Å². The van der Waals surface area contributed by atoms with Crippen LogP contribution >= 0.6 is 0 Å². The van der Waals surface area contributed by atoms with E-state index in [1.54, 1.807) is 24.3 Å². The minimum absolute atomic E-state index is 0.178. The van der Waals surface area contributed by atoms with Crippen molar-refractivity contribution >= 4 is 11.0 Å². The van der Waals surface area contributed by atoms with E-state index >= 15 is 0 Å². The molecule has 3 aromatic rings. The normalized spacial score (nSPS) is 10.5. The molecule has 3 rings (SSSR count). The van der Waals surface area contributed by atoms with Crippen molar-refractivity contribution in [3.63, 3.8) is 0 Å². The summed E-state index contributed by atoms with van der Waals surface area (Å²) in [5.74, 6) is 0.0415. The summed E-state index contributed by atoms with van der Waals surface area (Å²) < 4.78 is 12.5. The van der Waals surface area contributed by atoms with Gasteiger partial charge < -0.3 is 9.15 Å². The predicted molar refractivity (Wildman–Crippen MR) is 84.2 cm³/mol. The zero-order chi connectivity index (χ0) is 17.4. The van der Waals surface area contributed by atoms with Gasteiger partial charge in [-0.3, -0.25) is 13.9 Å². The van der Waals surface area contributed by atoms with Gasteiger partial charge in [0.1, 0.15) is 17.4 Å². The molecule has 0 unspecified atom stereocenters. The summed E-state index contributed by atoms with van der Waals surface area (Å²) in [7, 11) is 2.67. The summed E-state index contributed by atoms with van der Waals surface area (Å²) >= 11 is 0. The number of nitriles is 1. The Kier molecular flexibility index (Phi) is 3.54. The fourth-order valence-corrected chi connectivity index (χ4v) is 2.26. The number of rotatable bonds is 2. The number of benzene rings is 1. The average molecular weight is 325 g/mol. The molecule has 2 aromatic heterocycles. The number of hydrogen-bond acceptors (Lipinski definition) is 6. The molecular weight excluding hydrogens is 314 g/mol. The van der Waals surface area contributed by atoms with Crippen molar-refractivity contribution in [1.29, 1.82) is 5.26 Å². The highest BCUT2D eigenvalue weighted by Crippen LogP contribution is 2.25. The predicted octanol–water partition coefficient (Wildman–Crippen LogP) is 0.854. The maximum Gasteiger partial charge on any atom is 0.336 e. The smallest absolute Gasteiger partial charge is 0.336 e. The molecule has 1 aromatic carbocycles. The molecule has 0 N–H and O–H groups in total. The molecule has 0 aliphatic carbocycles. The van der Waals surface area contributed by atoms with E-state index in [4.69, 9.17) is 9.15 Å². The van der Waals surface area contributed by atoms with Gasteiger partial charge in [-0.05, 0) is 18.2 Å². The van der Waals surface area contributed by atoms with Crippen LogP contribution in [0.15, 0.2) is 49.1 Å². The Hall–Kier alpha value is -3.60. The first-order valence-corrected chi connectivity index (χ1v) is 6.84. The van der Waals surface area contributed by atoms with Crippen LogP contribution in [-0.4, -0.2) is 9.13 Å². The highest BCUT2D eigenvalue weighted by atomic mass is 16.5. The lowest BCUT2D eigenvalue weighted by molar-refractivity contribution is 0.420. The van der Waals surface area contributed by atoms with Crippen molar-refractivity contribution < 1.29 is 9.15 Å². The monoisotopic (exact) mass is 325 g/mol. The van der Waals surface area contributed by atoms with Gasteiger partial charge in [0.05, 0.1) is 0 Å². The summed E-state index contributed by atoms with van der Waals surface area (Å²) in [4.78, 5) is 35.3. The van der Waals surface area contributed by atoms with E-state index in [1.807, 2.05) is 0 Å². The van der Waals surface area contributed by atoms with E-state index < -0.39 is 16.9 Å². The number of ether oxygens (including phenoxy) is 1. The molecule has 0 saturated carbocycles. The average Bonchev–Trinajstić information content (AvgIpc) is 2.57. The molecule has 8 nitrogen and oxygen atoms in total. The second-order valence-corrected chi connectivity index (χ2v) is 5.05. The Morgan fingerprint density at radius 2 is 1.79 bits per heavy atom.